The van der Waals surface area contributed by atoms with Crippen LogP contribution in [0.4, 0.5) is 4.79 Å². The molecule has 1 amide bonds. The lowest BCUT2D eigenvalue weighted by Crippen LogP contribution is -2.45. The number of ether oxygens (including phenoxy) is 1. The second kappa shape index (κ2) is 7.96. The highest BCUT2D eigenvalue weighted by Gasteiger charge is 2.34. The number of rotatable bonds is 6. The van der Waals surface area contributed by atoms with Gasteiger partial charge in [-0.1, -0.05) is 13.0 Å². The number of hydrogen-bond donors (Lipinski definition) is 1. The molecule has 1 aromatic rings. The van der Waals surface area contributed by atoms with Crippen molar-refractivity contribution in [2.75, 3.05) is 6.61 Å². The van der Waals surface area contributed by atoms with Crippen LogP contribution in [0.5, 0.6) is 0 Å². The molecule has 146 valence electrons. The fourth-order valence-corrected chi connectivity index (χ4v) is 3.97. The lowest BCUT2D eigenvalue weighted by Gasteiger charge is -2.37. The quantitative estimate of drug-likeness (QED) is 0.754. The van der Waals surface area contributed by atoms with Crippen molar-refractivity contribution < 1.29 is 22.1 Å². The smallest absolute Gasteiger partial charge is 0.407 e. The van der Waals surface area contributed by atoms with Gasteiger partial charge >= 0.3 is 6.09 Å². The average molecular weight is 384 g/mol. The number of carbonyl (C=O) groups is 1. The number of benzene rings is 1. The molecule has 0 unspecified atom stereocenters. The molecule has 0 saturated heterocycles. The van der Waals surface area contributed by atoms with E-state index in [0.29, 0.717) is 6.42 Å². The maximum Gasteiger partial charge on any atom is 0.407 e. The van der Waals surface area contributed by atoms with Crippen LogP contribution in [0, 0.1) is 6.92 Å². The van der Waals surface area contributed by atoms with Crippen molar-refractivity contribution in [1.29, 1.82) is 0 Å². The minimum absolute atomic E-state index is 0.0471. The lowest BCUT2D eigenvalue weighted by atomic mass is 9.74. The van der Waals surface area contributed by atoms with Crippen molar-refractivity contribution in [2.24, 2.45) is 0 Å². The Kier molecular flexibility index (Phi) is 6.34. The number of hydrogen-bond acceptors (Lipinski definition) is 5. The molecule has 1 aliphatic rings. The first kappa shape index (κ1) is 20.7. The van der Waals surface area contributed by atoms with Crippen molar-refractivity contribution >= 4 is 16.2 Å². The maximum absolute atomic E-state index is 12.2. The Morgan fingerprint density at radius 2 is 1.92 bits per heavy atom. The molecule has 1 N–H and O–H groups in total. The number of amides is 1. The Labute approximate surface area is 156 Å². The van der Waals surface area contributed by atoms with Crippen LogP contribution in [0.1, 0.15) is 64.0 Å². The van der Waals surface area contributed by atoms with Gasteiger partial charge in [-0.25, -0.2) is 4.79 Å². The molecule has 26 heavy (non-hydrogen) atoms. The van der Waals surface area contributed by atoms with Crippen molar-refractivity contribution in [3.8, 4) is 0 Å². The highest BCUT2D eigenvalue weighted by Crippen LogP contribution is 2.39. The van der Waals surface area contributed by atoms with Crippen LogP contribution < -0.4 is 5.32 Å². The molecule has 0 spiro atoms. The van der Waals surface area contributed by atoms with Crippen molar-refractivity contribution in [3.05, 3.63) is 29.3 Å². The molecule has 6 nitrogen and oxygen atoms in total. The van der Waals surface area contributed by atoms with Gasteiger partial charge < -0.3 is 10.1 Å². The zero-order chi connectivity index (χ0) is 19.5. The second-order valence-corrected chi connectivity index (χ2v) is 9.42. The molecule has 1 aromatic carbocycles. The van der Waals surface area contributed by atoms with E-state index < -0.39 is 21.8 Å². The van der Waals surface area contributed by atoms with Gasteiger partial charge in [0.25, 0.3) is 10.1 Å². The summed E-state index contributed by atoms with van der Waals surface area (Å²) in [6, 6.07) is 5.14. The van der Waals surface area contributed by atoms with Gasteiger partial charge in [-0.15, -0.1) is 0 Å². The Morgan fingerprint density at radius 1 is 1.27 bits per heavy atom. The zero-order valence-electron chi connectivity index (χ0n) is 16.2. The summed E-state index contributed by atoms with van der Waals surface area (Å²) in [4.78, 5) is 12.0. The van der Waals surface area contributed by atoms with E-state index in [1.165, 1.54) is 0 Å². The molecule has 0 aliphatic heterocycles. The van der Waals surface area contributed by atoms with Gasteiger partial charge in [0.15, 0.2) is 0 Å². The van der Waals surface area contributed by atoms with E-state index in [0.717, 1.165) is 24.0 Å². The molecule has 2 rings (SSSR count). The van der Waals surface area contributed by atoms with E-state index in [-0.39, 0.29) is 23.5 Å². The SMILES string of the molecule is CCCOS(=O)(=O)c1ccc(C)c(C2CC(NC(=O)OC(C)(C)C)C2)c1. The third kappa shape index (κ3) is 5.45. The molecule has 1 fully saturated rings. The Hall–Kier alpha value is -1.60. The first-order valence-electron chi connectivity index (χ1n) is 9.01. The summed E-state index contributed by atoms with van der Waals surface area (Å²) in [5, 5.41) is 2.86. The van der Waals surface area contributed by atoms with E-state index >= 15 is 0 Å². The lowest BCUT2D eigenvalue weighted by molar-refractivity contribution is 0.0471. The van der Waals surface area contributed by atoms with Crippen LogP contribution in [0.2, 0.25) is 0 Å². The van der Waals surface area contributed by atoms with Crippen molar-refractivity contribution in [3.63, 3.8) is 0 Å². The molecule has 1 aliphatic carbocycles. The van der Waals surface area contributed by atoms with Gasteiger partial charge in [0.2, 0.25) is 0 Å². The molecule has 1 saturated carbocycles. The summed E-state index contributed by atoms with van der Waals surface area (Å²) in [7, 11) is -3.72. The number of nitrogens with one attached hydrogen (secondary N) is 1. The minimum Gasteiger partial charge on any atom is -0.444 e. The van der Waals surface area contributed by atoms with Gasteiger partial charge in [0.1, 0.15) is 5.60 Å². The Balaban J connectivity index is 2.01. The number of carbonyl (C=O) groups excluding carboxylic acids is 1. The third-order valence-electron chi connectivity index (χ3n) is 4.28. The van der Waals surface area contributed by atoms with Gasteiger partial charge in [0, 0.05) is 6.04 Å². The maximum atomic E-state index is 12.2. The third-order valence-corrected chi connectivity index (χ3v) is 5.59. The summed E-state index contributed by atoms with van der Waals surface area (Å²) in [5.41, 5.74) is 1.51. The summed E-state index contributed by atoms with van der Waals surface area (Å²) in [6.45, 7) is 9.48. The molecular weight excluding hydrogens is 354 g/mol. The minimum atomic E-state index is -3.72. The zero-order valence-corrected chi connectivity index (χ0v) is 17.0. The predicted octanol–water partition coefficient (Wildman–Crippen LogP) is 3.88. The van der Waals surface area contributed by atoms with Crippen LogP contribution in [-0.4, -0.2) is 32.8 Å². The van der Waals surface area contributed by atoms with E-state index in [1.807, 2.05) is 40.7 Å². The van der Waals surface area contributed by atoms with Crippen LogP contribution in [0.25, 0.3) is 0 Å². The number of aryl methyl sites for hydroxylation is 1. The summed E-state index contributed by atoms with van der Waals surface area (Å²) in [5.74, 6) is 0.219. The largest absolute Gasteiger partial charge is 0.444 e. The average Bonchev–Trinajstić information content (AvgIpc) is 2.47. The van der Waals surface area contributed by atoms with Crippen LogP contribution >= 0.6 is 0 Å². The van der Waals surface area contributed by atoms with E-state index in [4.69, 9.17) is 8.92 Å². The number of alkyl carbamates (subject to hydrolysis) is 1. The predicted molar refractivity (Wildman–Crippen MR) is 99.7 cm³/mol. The molecule has 0 heterocycles. The molecule has 0 bridgehead atoms. The van der Waals surface area contributed by atoms with E-state index in [1.54, 1.807) is 12.1 Å². The first-order valence-corrected chi connectivity index (χ1v) is 10.4. The van der Waals surface area contributed by atoms with Gasteiger partial charge in [-0.05, 0) is 76.1 Å². The van der Waals surface area contributed by atoms with Crippen LogP contribution in [-0.2, 0) is 19.0 Å². The van der Waals surface area contributed by atoms with Crippen LogP contribution in [0.3, 0.4) is 0 Å². The van der Waals surface area contributed by atoms with Gasteiger partial charge in [0.05, 0.1) is 11.5 Å². The first-order chi connectivity index (χ1) is 12.0. The van der Waals surface area contributed by atoms with E-state index in [2.05, 4.69) is 5.32 Å². The highest BCUT2D eigenvalue weighted by molar-refractivity contribution is 7.86. The fraction of sp³-hybridized carbons (Fsp3) is 0.632. The van der Waals surface area contributed by atoms with Crippen molar-refractivity contribution in [2.45, 2.75) is 76.3 Å². The monoisotopic (exact) mass is 383 g/mol. The van der Waals surface area contributed by atoms with E-state index in [9.17, 15) is 13.2 Å². The van der Waals surface area contributed by atoms with Crippen LogP contribution in [0.15, 0.2) is 23.1 Å². The second-order valence-electron chi connectivity index (χ2n) is 7.81. The summed E-state index contributed by atoms with van der Waals surface area (Å²) in [6.07, 6.45) is 1.75. The Morgan fingerprint density at radius 3 is 2.50 bits per heavy atom. The topological polar surface area (TPSA) is 81.7 Å². The highest BCUT2D eigenvalue weighted by atomic mass is 32.2. The van der Waals surface area contributed by atoms with Gasteiger partial charge in [-0.2, -0.15) is 8.42 Å². The molecule has 0 atom stereocenters. The standard InChI is InChI=1S/C19H29NO5S/c1-6-9-24-26(22,23)16-8-7-13(2)17(12-16)14-10-15(11-14)20-18(21)25-19(3,4)5/h7-8,12,14-15H,6,9-11H2,1-5H3,(H,20,21). The summed E-state index contributed by atoms with van der Waals surface area (Å²) < 4.78 is 34.7. The Bertz CT molecular complexity index is 746. The fourth-order valence-electron chi connectivity index (χ4n) is 2.94. The normalized spacial score (nSPS) is 20.3. The summed E-state index contributed by atoms with van der Waals surface area (Å²) >= 11 is 0. The molecule has 0 aromatic heterocycles. The molecule has 0 radical (unpaired) electrons. The molecular formula is C19H29NO5S. The van der Waals surface area contributed by atoms with Crippen molar-refractivity contribution in [1.82, 2.24) is 5.32 Å². The van der Waals surface area contributed by atoms with Gasteiger partial charge in [-0.3, -0.25) is 4.18 Å². The molecule has 7 heteroatoms.